The van der Waals surface area contributed by atoms with E-state index >= 15 is 0 Å². The van der Waals surface area contributed by atoms with Crippen molar-refractivity contribution in [3.63, 3.8) is 0 Å². The zero-order valence-corrected chi connectivity index (χ0v) is 12.5. The predicted octanol–water partition coefficient (Wildman–Crippen LogP) is 1.32. The first-order valence-corrected chi connectivity index (χ1v) is 6.48. The third-order valence-corrected chi connectivity index (χ3v) is 3.22. The second kappa shape index (κ2) is 7.64. The van der Waals surface area contributed by atoms with Gasteiger partial charge in [-0.1, -0.05) is 34.1 Å². The van der Waals surface area contributed by atoms with Gasteiger partial charge in [0.1, 0.15) is 0 Å². The maximum absolute atomic E-state index is 11.9. The van der Waals surface area contributed by atoms with Crippen LogP contribution in [0.15, 0.2) is 30.3 Å². The first kappa shape index (κ1) is 16.2. The Bertz CT molecular complexity index is 487. The van der Waals surface area contributed by atoms with Gasteiger partial charge in [0.25, 0.3) is 0 Å². The molecule has 108 valence electrons. The topological polar surface area (TPSA) is 78.9 Å². The lowest BCUT2D eigenvalue weighted by Gasteiger charge is -2.19. The molecular formula is C13H13BrO6. The van der Waals surface area contributed by atoms with Crippen LogP contribution in [0.5, 0.6) is 0 Å². The average Bonchev–Trinajstić information content (AvgIpc) is 2.50. The third-order valence-electron chi connectivity index (χ3n) is 2.37. The molecule has 0 amide bonds. The molecule has 0 spiro atoms. The van der Waals surface area contributed by atoms with Crippen molar-refractivity contribution in [3.05, 3.63) is 35.9 Å². The number of carbonyl (C=O) groups excluding carboxylic acids is 3. The number of rotatable bonds is 5. The van der Waals surface area contributed by atoms with Gasteiger partial charge in [0.05, 0.1) is 19.8 Å². The fourth-order valence-corrected chi connectivity index (χ4v) is 1.85. The molecule has 6 nitrogen and oxygen atoms in total. The molecule has 0 aliphatic heterocycles. The summed E-state index contributed by atoms with van der Waals surface area (Å²) in [4.78, 5) is 33.8. The highest BCUT2D eigenvalue weighted by Gasteiger charge is 2.37. The van der Waals surface area contributed by atoms with Crippen molar-refractivity contribution in [2.75, 3.05) is 14.2 Å². The van der Waals surface area contributed by atoms with Gasteiger partial charge in [0.15, 0.2) is 4.83 Å². The second-order valence-electron chi connectivity index (χ2n) is 3.64. The molecule has 0 aliphatic rings. The molecule has 0 unspecified atom stereocenters. The van der Waals surface area contributed by atoms with Crippen molar-refractivity contribution in [2.24, 2.45) is 0 Å². The normalized spacial score (nSPS) is 12.9. The Morgan fingerprint density at radius 2 is 1.55 bits per heavy atom. The highest BCUT2D eigenvalue weighted by atomic mass is 79.9. The van der Waals surface area contributed by atoms with E-state index in [1.54, 1.807) is 18.2 Å². The standard InChI is InChI=1S/C13H13BrO6/c1-18-12(16)9(14)10(13(17)19-2)20-11(15)8-6-4-3-5-7-8/h3-7,9-10H,1-2H3/t9-,10+/m0/s1. The van der Waals surface area contributed by atoms with E-state index < -0.39 is 28.8 Å². The van der Waals surface area contributed by atoms with Gasteiger partial charge < -0.3 is 14.2 Å². The average molecular weight is 345 g/mol. The Morgan fingerprint density at radius 1 is 1.00 bits per heavy atom. The van der Waals surface area contributed by atoms with Crippen LogP contribution >= 0.6 is 15.9 Å². The number of ether oxygens (including phenoxy) is 3. The van der Waals surface area contributed by atoms with E-state index in [2.05, 4.69) is 25.4 Å². The fraction of sp³-hybridized carbons (Fsp3) is 0.308. The molecule has 0 radical (unpaired) electrons. The van der Waals surface area contributed by atoms with E-state index in [0.29, 0.717) is 0 Å². The minimum atomic E-state index is -1.43. The number of halogens is 1. The summed E-state index contributed by atoms with van der Waals surface area (Å²) in [5.41, 5.74) is 0.256. The van der Waals surface area contributed by atoms with Gasteiger partial charge in [-0.25, -0.2) is 9.59 Å². The number of hydrogen-bond acceptors (Lipinski definition) is 6. The Morgan fingerprint density at radius 3 is 2.05 bits per heavy atom. The molecule has 1 aromatic carbocycles. The monoisotopic (exact) mass is 344 g/mol. The number of benzene rings is 1. The Balaban J connectivity index is 2.88. The number of alkyl halides is 1. The fourth-order valence-electron chi connectivity index (χ4n) is 1.34. The maximum Gasteiger partial charge on any atom is 0.349 e. The van der Waals surface area contributed by atoms with Crippen molar-refractivity contribution in [1.29, 1.82) is 0 Å². The summed E-state index contributed by atoms with van der Waals surface area (Å²) in [5.74, 6) is -2.35. The molecule has 7 heteroatoms. The summed E-state index contributed by atoms with van der Waals surface area (Å²) >= 11 is 2.96. The lowest BCUT2D eigenvalue weighted by atomic mass is 10.2. The van der Waals surface area contributed by atoms with Gasteiger partial charge in [-0.05, 0) is 12.1 Å². The highest BCUT2D eigenvalue weighted by molar-refractivity contribution is 9.10. The van der Waals surface area contributed by atoms with Crippen LogP contribution in [0.3, 0.4) is 0 Å². The lowest BCUT2D eigenvalue weighted by molar-refractivity contribution is -0.156. The van der Waals surface area contributed by atoms with E-state index in [4.69, 9.17) is 4.74 Å². The molecular weight excluding hydrogens is 332 g/mol. The molecule has 1 aromatic rings. The predicted molar refractivity (Wildman–Crippen MR) is 72.4 cm³/mol. The molecule has 0 saturated carbocycles. The zero-order valence-electron chi connectivity index (χ0n) is 10.9. The Labute approximate surface area is 124 Å². The van der Waals surface area contributed by atoms with Crippen LogP contribution in [0.1, 0.15) is 10.4 Å². The van der Waals surface area contributed by atoms with Gasteiger partial charge >= 0.3 is 17.9 Å². The molecule has 2 atom stereocenters. The number of methoxy groups -OCH3 is 2. The van der Waals surface area contributed by atoms with Gasteiger partial charge in [-0.15, -0.1) is 0 Å². The largest absolute Gasteiger partial charge is 0.468 e. The van der Waals surface area contributed by atoms with E-state index in [1.165, 1.54) is 12.1 Å². The van der Waals surface area contributed by atoms with Crippen LogP contribution in [-0.4, -0.2) is 43.1 Å². The van der Waals surface area contributed by atoms with Crippen LogP contribution in [0.4, 0.5) is 0 Å². The van der Waals surface area contributed by atoms with E-state index in [9.17, 15) is 14.4 Å². The molecule has 0 N–H and O–H groups in total. The summed E-state index contributed by atoms with van der Waals surface area (Å²) in [5, 5.41) is 0. The van der Waals surface area contributed by atoms with Crippen LogP contribution < -0.4 is 0 Å². The molecule has 0 saturated heterocycles. The Hall–Kier alpha value is -1.89. The van der Waals surface area contributed by atoms with Crippen molar-refractivity contribution in [3.8, 4) is 0 Å². The zero-order chi connectivity index (χ0) is 15.1. The molecule has 0 aliphatic carbocycles. The minimum Gasteiger partial charge on any atom is -0.468 e. The van der Waals surface area contributed by atoms with E-state index in [0.717, 1.165) is 14.2 Å². The lowest BCUT2D eigenvalue weighted by Crippen LogP contribution is -2.40. The van der Waals surface area contributed by atoms with Gasteiger partial charge in [-0.3, -0.25) is 4.79 Å². The van der Waals surface area contributed by atoms with Crippen molar-refractivity contribution in [1.82, 2.24) is 0 Å². The number of carbonyl (C=O) groups is 3. The second-order valence-corrected chi connectivity index (χ2v) is 4.63. The summed E-state index contributed by atoms with van der Waals surface area (Å²) in [6, 6.07) is 8.08. The third kappa shape index (κ3) is 4.06. The molecule has 0 aromatic heterocycles. The summed E-state index contributed by atoms with van der Waals surface area (Å²) < 4.78 is 14.0. The van der Waals surface area contributed by atoms with Crippen molar-refractivity contribution in [2.45, 2.75) is 10.9 Å². The molecule has 1 rings (SSSR count). The summed E-state index contributed by atoms with van der Waals surface area (Å²) in [6.07, 6.45) is -1.43. The molecule has 0 fully saturated rings. The van der Waals surface area contributed by atoms with Crippen LogP contribution in [-0.2, 0) is 23.8 Å². The van der Waals surface area contributed by atoms with Gasteiger partial charge in [0, 0.05) is 0 Å². The van der Waals surface area contributed by atoms with Crippen LogP contribution in [0.2, 0.25) is 0 Å². The quantitative estimate of drug-likeness (QED) is 0.455. The van der Waals surface area contributed by atoms with Crippen molar-refractivity contribution < 1.29 is 28.6 Å². The van der Waals surface area contributed by atoms with Crippen molar-refractivity contribution >= 4 is 33.8 Å². The summed E-state index contributed by atoms with van der Waals surface area (Å²) in [6.45, 7) is 0. The van der Waals surface area contributed by atoms with Gasteiger partial charge in [0.2, 0.25) is 6.10 Å². The van der Waals surface area contributed by atoms with E-state index in [1.807, 2.05) is 0 Å². The molecule has 0 bridgehead atoms. The van der Waals surface area contributed by atoms with Crippen LogP contribution in [0.25, 0.3) is 0 Å². The van der Waals surface area contributed by atoms with Gasteiger partial charge in [-0.2, -0.15) is 0 Å². The number of esters is 3. The first-order valence-electron chi connectivity index (χ1n) is 5.57. The number of hydrogen-bond donors (Lipinski definition) is 0. The van der Waals surface area contributed by atoms with E-state index in [-0.39, 0.29) is 5.56 Å². The molecule has 20 heavy (non-hydrogen) atoms. The highest BCUT2D eigenvalue weighted by Crippen LogP contribution is 2.15. The summed E-state index contributed by atoms with van der Waals surface area (Å²) in [7, 11) is 2.28. The Kier molecular flexibility index (Phi) is 6.17. The van der Waals surface area contributed by atoms with Crippen LogP contribution in [0, 0.1) is 0 Å². The smallest absolute Gasteiger partial charge is 0.349 e. The maximum atomic E-state index is 11.9. The SMILES string of the molecule is COC(=O)[C@@H](Br)[C@@H](OC(=O)c1ccccc1)C(=O)OC. The molecule has 0 heterocycles. The minimum absolute atomic E-state index is 0.256. The first-order chi connectivity index (χ1) is 9.51.